The number of nitrogens with one attached hydrogen (secondary N) is 1. The number of ether oxygens (including phenoxy) is 1. The van der Waals surface area contributed by atoms with Gasteiger partial charge < -0.3 is 15.0 Å². The molecule has 1 atom stereocenters. The number of anilines is 1. The van der Waals surface area contributed by atoms with Gasteiger partial charge in [0.1, 0.15) is 11.8 Å². The normalized spacial score (nSPS) is 15.3. The number of hydrogen-bond donors (Lipinski definition) is 1. The van der Waals surface area contributed by atoms with Gasteiger partial charge in [0.25, 0.3) is 5.91 Å². The van der Waals surface area contributed by atoms with E-state index in [9.17, 15) is 9.59 Å². The van der Waals surface area contributed by atoms with Crippen molar-refractivity contribution in [2.45, 2.75) is 52.1 Å². The molecule has 0 aliphatic carbocycles. The van der Waals surface area contributed by atoms with Gasteiger partial charge in [-0.2, -0.15) is 0 Å². The summed E-state index contributed by atoms with van der Waals surface area (Å²) in [5.41, 5.74) is 2.35. The first-order chi connectivity index (χ1) is 14.0. The second kappa shape index (κ2) is 9.79. The van der Waals surface area contributed by atoms with Crippen LogP contribution in [0.15, 0.2) is 42.5 Å². The third kappa shape index (κ3) is 5.10. The fourth-order valence-electron chi connectivity index (χ4n) is 3.54. The fraction of sp³-hybridized carbons (Fsp3) is 0.391. The molecule has 0 spiro atoms. The van der Waals surface area contributed by atoms with Gasteiger partial charge in [0.15, 0.2) is 0 Å². The van der Waals surface area contributed by atoms with E-state index in [0.717, 1.165) is 23.3 Å². The molecule has 6 heteroatoms. The van der Waals surface area contributed by atoms with E-state index in [4.69, 9.17) is 16.3 Å². The summed E-state index contributed by atoms with van der Waals surface area (Å²) in [5.74, 6) is 0.392. The van der Waals surface area contributed by atoms with E-state index in [0.29, 0.717) is 23.9 Å². The summed E-state index contributed by atoms with van der Waals surface area (Å²) in [6.45, 7) is 4.68. The lowest BCUT2D eigenvalue weighted by molar-refractivity contribution is -0.126. The molecule has 29 heavy (non-hydrogen) atoms. The summed E-state index contributed by atoms with van der Waals surface area (Å²) in [6, 6.07) is 12.4. The molecular weight excluding hydrogens is 388 g/mol. The van der Waals surface area contributed by atoms with Crippen molar-refractivity contribution >= 4 is 29.1 Å². The standard InChI is InChI=1S/C23H27ClN2O3/c1-3-4-5-6-14-29-18-12-10-17(11-13-18)15-26-22-19(8-7-9-20(22)24)21(23(26)28)25-16(2)27/h7-13,21H,3-6,14-15H2,1-2H3,(H,25,27)/t21-/m0/s1. The number of carbonyl (C=O) groups is 2. The van der Waals surface area contributed by atoms with Gasteiger partial charge in [-0.25, -0.2) is 0 Å². The van der Waals surface area contributed by atoms with Crippen LogP contribution in [0.5, 0.6) is 5.75 Å². The molecule has 5 nitrogen and oxygen atoms in total. The minimum Gasteiger partial charge on any atom is -0.494 e. The molecule has 0 saturated heterocycles. The van der Waals surface area contributed by atoms with E-state index in [1.807, 2.05) is 30.3 Å². The molecular formula is C23H27ClN2O3. The van der Waals surface area contributed by atoms with Crippen molar-refractivity contribution in [1.82, 2.24) is 5.32 Å². The monoisotopic (exact) mass is 414 g/mol. The first-order valence-electron chi connectivity index (χ1n) is 10.1. The van der Waals surface area contributed by atoms with Crippen molar-refractivity contribution in [2.75, 3.05) is 11.5 Å². The minimum absolute atomic E-state index is 0.181. The number of carbonyl (C=O) groups excluding carboxylic acids is 2. The number of para-hydroxylation sites is 1. The fourth-order valence-corrected chi connectivity index (χ4v) is 3.82. The average molecular weight is 415 g/mol. The van der Waals surface area contributed by atoms with Crippen LogP contribution < -0.4 is 15.0 Å². The van der Waals surface area contributed by atoms with Gasteiger partial charge in [0.2, 0.25) is 5.91 Å². The number of nitrogens with zero attached hydrogens (tertiary/aromatic N) is 1. The molecule has 2 aromatic carbocycles. The van der Waals surface area contributed by atoms with Gasteiger partial charge in [-0.05, 0) is 30.2 Å². The average Bonchev–Trinajstić information content (AvgIpc) is 2.95. The highest BCUT2D eigenvalue weighted by atomic mass is 35.5. The first-order valence-corrected chi connectivity index (χ1v) is 10.5. The van der Waals surface area contributed by atoms with Crippen molar-refractivity contribution in [3.8, 4) is 5.75 Å². The highest BCUT2D eigenvalue weighted by Crippen LogP contribution is 2.41. The van der Waals surface area contributed by atoms with Gasteiger partial charge in [-0.15, -0.1) is 0 Å². The van der Waals surface area contributed by atoms with Crippen LogP contribution in [0.1, 0.15) is 56.7 Å². The zero-order chi connectivity index (χ0) is 20.8. The Bertz CT molecular complexity index is 867. The second-order valence-corrected chi connectivity index (χ2v) is 7.70. The zero-order valence-corrected chi connectivity index (χ0v) is 17.7. The van der Waals surface area contributed by atoms with Crippen LogP contribution in [0.3, 0.4) is 0 Å². The molecule has 0 aromatic heterocycles. The topological polar surface area (TPSA) is 58.6 Å². The molecule has 1 heterocycles. The van der Waals surface area contributed by atoms with Crippen LogP contribution in [-0.4, -0.2) is 18.4 Å². The van der Waals surface area contributed by atoms with Crippen molar-refractivity contribution in [2.24, 2.45) is 0 Å². The Balaban J connectivity index is 1.70. The number of hydrogen-bond acceptors (Lipinski definition) is 3. The molecule has 0 fully saturated rings. The summed E-state index contributed by atoms with van der Waals surface area (Å²) in [7, 11) is 0. The summed E-state index contributed by atoms with van der Waals surface area (Å²) in [5, 5.41) is 3.22. The number of amides is 2. The number of unbranched alkanes of at least 4 members (excludes halogenated alkanes) is 3. The summed E-state index contributed by atoms with van der Waals surface area (Å²) >= 11 is 6.39. The van der Waals surface area contributed by atoms with E-state index >= 15 is 0 Å². The molecule has 1 aliphatic rings. The Kier molecular flexibility index (Phi) is 7.15. The third-order valence-corrected chi connectivity index (χ3v) is 5.30. The Morgan fingerprint density at radius 3 is 2.59 bits per heavy atom. The molecule has 0 bridgehead atoms. The van der Waals surface area contributed by atoms with Crippen molar-refractivity contribution in [3.05, 3.63) is 58.6 Å². The van der Waals surface area contributed by atoms with Gasteiger partial charge >= 0.3 is 0 Å². The van der Waals surface area contributed by atoms with Crippen molar-refractivity contribution < 1.29 is 14.3 Å². The molecule has 3 rings (SSSR count). The highest BCUT2D eigenvalue weighted by Gasteiger charge is 2.39. The maximum absolute atomic E-state index is 13.0. The largest absolute Gasteiger partial charge is 0.494 e. The highest BCUT2D eigenvalue weighted by molar-refractivity contribution is 6.34. The Morgan fingerprint density at radius 1 is 1.14 bits per heavy atom. The molecule has 0 radical (unpaired) electrons. The lowest BCUT2D eigenvalue weighted by Gasteiger charge is -2.19. The molecule has 1 aliphatic heterocycles. The smallest absolute Gasteiger partial charge is 0.254 e. The summed E-state index contributed by atoms with van der Waals surface area (Å²) < 4.78 is 5.79. The number of benzene rings is 2. The molecule has 154 valence electrons. The van der Waals surface area contributed by atoms with Crippen molar-refractivity contribution in [3.63, 3.8) is 0 Å². The Morgan fingerprint density at radius 2 is 1.90 bits per heavy atom. The zero-order valence-electron chi connectivity index (χ0n) is 16.9. The van der Waals surface area contributed by atoms with Crippen molar-refractivity contribution in [1.29, 1.82) is 0 Å². The van der Waals surface area contributed by atoms with Gasteiger partial charge in [-0.3, -0.25) is 9.59 Å². The minimum atomic E-state index is -0.702. The summed E-state index contributed by atoms with van der Waals surface area (Å²) in [4.78, 5) is 26.2. The number of fused-ring (bicyclic) bond motifs is 1. The van der Waals surface area contributed by atoms with Gasteiger partial charge in [0.05, 0.1) is 23.9 Å². The number of rotatable bonds is 9. The lowest BCUT2D eigenvalue weighted by atomic mass is 10.1. The molecule has 0 saturated carbocycles. The maximum atomic E-state index is 13.0. The molecule has 0 unspecified atom stereocenters. The Hall–Kier alpha value is -2.53. The van der Waals surface area contributed by atoms with E-state index < -0.39 is 6.04 Å². The van der Waals surface area contributed by atoms with Gasteiger partial charge in [-0.1, -0.05) is 62.1 Å². The van der Waals surface area contributed by atoms with Crippen LogP contribution in [0.25, 0.3) is 0 Å². The second-order valence-electron chi connectivity index (χ2n) is 7.29. The van der Waals surface area contributed by atoms with Crippen LogP contribution in [0.2, 0.25) is 5.02 Å². The quantitative estimate of drug-likeness (QED) is 0.586. The third-order valence-electron chi connectivity index (χ3n) is 4.99. The molecule has 1 N–H and O–H groups in total. The van der Waals surface area contributed by atoms with Crippen LogP contribution in [0.4, 0.5) is 5.69 Å². The predicted molar refractivity (Wildman–Crippen MR) is 115 cm³/mol. The SMILES string of the molecule is CCCCCCOc1ccc(CN2C(=O)[C@@H](NC(C)=O)c3cccc(Cl)c32)cc1. The van der Waals surface area contributed by atoms with E-state index in [2.05, 4.69) is 12.2 Å². The summed E-state index contributed by atoms with van der Waals surface area (Å²) in [6.07, 6.45) is 4.68. The predicted octanol–water partition coefficient (Wildman–Crippen LogP) is 5.02. The van der Waals surface area contributed by atoms with Crippen LogP contribution in [0, 0.1) is 0 Å². The van der Waals surface area contributed by atoms with E-state index in [1.165, 1.54) is 26.2 Å². The van der Waals surface area contributed by atoms with Crippen LogP contribution in [-0.2, 0) is 16.1 Å². The van der Waals surface area contributed by atoms with E-state index in [1.54, 1.807) is 17.0 Å². The maximum Gasteiger partial charge on any atom is 0.254 e. The first kappa shape index (κ1) is 21.2. The lowest BCUT2D eigenvalue weighted by Crippen LogP contribution is -2.36. The van der Waals surface area contributed by atoms with Crippen LogP contribution >= 0.6 is 11.6 Å². The van der Waals surface area contributed by atoms with Gasteiger partial charge in [0, 0.05) is 12.5 Å². The Labute approximate surface area is 177 Å². The number of halogens is 1. The molecule has 2 amide bonds. The molecule has 2 aromatic rings. The van der Waals surface area contributed by atoms with E-state index in [-0.39, 0.29) is 11.8 Å².